The molecule has 2 aromatic carbocycles. The molecule has 0 saturated carbocycles. The van der Waals surface area contributed by atoms with E-state index in [9.17, 15) is 0 Å². The molecule has 0 aliphatic carbocycles. The molecule has 0 amide bonds. The molecule has 24 heavy (non-hydrogen) atoms. The molecular formula is C18H19N3O2S. The van der Waals surface area contributed by atoms with Crippen molar-refractivity contribution in [1.29, 1.82) is 0 Å². The van der Waals surface area contributed by atoms with Crippen molar-refractivity contribution in [3.8, 4) is 22.9 Å². The summed E-state index contributed by atoms with van der Waals surface area (Å²) < 4.78 is 12.9. The second kappa shape index (κ2) is 7.88. The van der Waals surface area contributed by atoms with Gasteiger partial charge in [-0.3, -0.25) is 0 Å². The van der Waals surface area contributed by atoms with Crippen LogP contribution in [0.5, 0.6) is 11.5 Å². The number of rotatable bonds is 7. The maximum absolute atomic E-state index is 5.69. The van der Waals surface area contributed by atoms with Gasteiger partial charge in [0.05, 0.1) is 13.7 Å². The highest BCUT2D eigenvalue weighted by molar-refractivity contribution is 7.99. The summed E-state index contributed by atoms with van der Waals surface area (Å²) in [5.74, 6) is 3.36. The summed E-state index contributed by atoms with van der Waals surface area (Å²) in [6, 6.07) is 17.6. The SMILES string of the molecule is COc1ccc(-c2nnc(SCCOc3ccccc3)n2C)cc1. The number of ether oxygens (including phenoxy) is 2. The van der Waals surface area contributed by atoms with Crippen LogP contribution >= 0.6 is 11.8 Å². The molecular weight excluding hydrogens is 322 g/mol. The van der Waals surface area contributed by atoms with Crippen LogP contribution in [0.15, 0.2) is 59.8 Å². The van der Waals surface area contributed by atoms with Crippen LogP contribution in [0.3, 0.4) is 0 Å². The minimum Gasteiger partial charge on any atom is -0.497 e. The summed E-state index contributed by atoms with van der Waals surface area (Å²) in [5.41, 5.74) is 1.01. The third kappa shape index (κ3) is 3.89. The lowest BCUT2D eigenvalue weighted by Gasteiger charge is -2.06. The van der Waals surface area contributed by atoms with Gasteiger partial charge in [-0.25, -0.2) is 0 Å². The molecule has 0 fully saturated rings. The first-order chi connectivity index (χ1) is 11.8. The molecule has 0 atom stereocenters. The van der Waals surface area contributed by atoms with Gasteiger partial charge in [0.25, 0.3) is 0 Å². The first-order valence-corrected chi connectivity index (χ1v) is 8.61. The lowest BCUT2D eigenvalue weighted by Crippen LogP contribution is -2.02. The van der Waals surface area contributed by atoms with Gasteiger partial charge in [-0.05, 0) is 36.4 Å². The molecule has 0 saturated heterocycles. The van der Waals surface area contributed by atoms with Crippen molar-refractivity contribution in [2.75, 3.05) is 19.5 Å². The molecule has 0 N–H and O–H groups in total. The molecule has 1 aromatic heterocycles. The number of para-hydroxylation sites is 1. The van der Waals surface area contributed by atoms with Crippen LogP contribution in [0.4, 0.5) is 0 Å². The fourth-order valence-electron chi connectivity index (χ4n) is 2.24. The Bertz CT molecular complexity index is 773. The first-order valence-electron chi connectivity index (χ1n) is 7.62. The van der Waals surface area contributed by atoms with E-state index >= 15 is 0 Å². The zero-order valence-corrected chi connectivity index (χ0v) is 14.5. The maximum atomic E-state index is 5.69. The van der Waals surface area contributed by atoms with Crippen molar-refractivity contribution in [2.24, 2.45) is 7.05 Å². The fourth-order valence-corrected chi connectivity index (χ4v) is 2.97. The topological polar surface area (TPSA) is 49.2 Å². The van der Waals surface area contributed by atoms with E-state index in [2.05, 4.69) is 10.2 Å². The first kappa shape index (κ1) is 16.4. The molecule has 1 heterocycles. The zero-order valence-electron chi connectivity index (χ0n) is 13.7. The average molecular weight is 341 g/mol. The van der Waals surface area contributed by atoms with E-state index in [1.807, 2.05) is 66.2 Å². The lowest BCUT2D eigenvalue weighted by atomic mass is 10.2. The Balaban J connectivity index is 1.58. The smallest absolute Gasteiger partial charge is 0.191 e. The van der Waals surface area contributed by atoms with E-state index in [-0.39, 0.29) is 0 Å². The number of methoxy groups -OCH3 is 1. The molecule has 6 heteroatoms. The number of nitrogens with zero attached hydrogens (tertiary/aromatic N) is 3. The van der Waals surface area contributed by atoms with Gasteiger partial charge >= 0.3 is 0 Å². The molecule has 0 spiro atoms. The standard InChI is InChI=1S/C18H19N3O2S/c1-21-17(14-8-10-15(22-2)11-9-14)19-20-18(21)24-13-12-23-16-6-4-3-5-7-16/h3-11H,12-13H2,1-2H3. The van der Waals surface area contributed by atoms with E-state index in [0.717, 1.165) is 33.8 Å². The second-order valence-electron chi connectivity index (χ2n) is 5.10. The maximum Gasteiger partial charge on any atom is 0.191 e. The summed E-state index contributed by atoms with van der Waals surface area (Å²) in [7, 11) is 3.63. The van der Waals surface area contributed by atoms with Crippen LogP contribution in [0.25, 0.3) is 11.4 Å². The lowest BCUT2D eigenvalue weighted by molar-refractivity contribution is 0.344. The molecule has 5 nitrogen and oxygen atoms in total. The summed E-state index contributed by atoms with van der Waals surface area (Å²) in [6.45, 7) is 0.624. The van der Waals surface area contributed by atoms with Crippen LogP contribution in [-0.4, -0.2) is 34.2 Å². The summed E-state index contributed by atoms with van der Waals surface area (Å²) in [6.07, 6.45) is 0. The largest absolute Gasteiger partial charge is 0.497 e. The summed E-state index contributed by atoms with van der Waals surface area (Å²) >= 11 is 1.63. The van der Waals surface area contributed by atoms with E-state index in [1.54, 1.807) is 18.9 Å². The van der Waals surface area contributed by atoms with Crippen LogP contribution in [0.2, 0.25) is 0 Å². The number of benzene rings is 2. The Kier molecular flexibility index (Phi) is 5.38. The van der Waals surface area contributed by atoms with Crippen molar-refractivity contribution in [2.45, 2.75) is 5.16 Å². The Morgan fingerprint density at radius 1 is 0.958 bits per heavy atom. The molecule has 3 rings (SSSR count). The Labute approximate surface area is 145 Å². The highest BCUT2D eigenvalue weighted by Gasteiger charge is 2.11. The molecule has 0 bridgehead atoms. The predicted molar refractivity (Wildman–Crippen MR) is 95.7 cm³/mol. The molecule has 0 aliphatic rings. The Morgan fingerprint density at radius 3 is 2.42 bits per heavy atom. The normalized spacial score (nSPS) is 10.6. The van der Waals surface area contributed by atoms with E-state index < -0.39 is 0 Å². The van der Waals surface area contributed by atoms with E-state index in [1.165, 1.54) is 0 Å². The van der Waals surface area contributed by atoms with Gasteiger partial charge in [0.1, 0.15) is 11.5 Å². The monoisotopic (exact) mass is 341 g/mol. The number of thioether (sulfide) groups is 1. The quantitative estimate of drug-likeness (QED) is 0.485. The van der Waals surface area contributed by atoms with Gasteiger partial charge in [-0.2, -0.15) is 0 Å². The Hall–Kier alpha value is -2.47. The third-order valence-corrected chi connectivity index (χ3v) is 4.49. The van der Waals surface area contributed by atoms with Gasteiger partial charge in [0.15, 0.2) is 11.0 Å². The highest BCUT2D eigenvalue weighted by Crippen LogP contribution is 2.24. The van der Waals surface area contributed by atoms with Gasteiger partial charge in [-0.15, -0.1) is 10.2 Å². The van der Waals surface area contributed by atoms with Gasteiger partial charge in [0.2, 0.25) is 0 Å². The summed E-state index contributed by atoms with van der Waals surface area (Å²) in [4.78, 5) is 0. The fraction of sp³-hybridized carbons (Fsp3) is 0.222. The number of hydrogen-bond acceptors (Lipinski definition) is 5. The van der Waals surface area contributed by atoms with Crippen molar-refractivity contribution in [3.63, 3.8) is 0 Å². The van der Waals surface area contributed by atoms with E-state index in [0.29, 0.717) is 6.61 Å². The van der Waals surface area contributed by atoms with Crippen molar-refractivity contribution in [1.82, 2.24) is 14.8 Å². The van der Waals surface area contributed by atoms with Crippen molar-refractivity contribution in [3.05, 3.63) is 54.6 Å². The van der Waals surface area contributed by atoms with Crippen LogP contribution in [0.1, 0.15) is 0 Å². The number of hydrogen-bond donors (Lipinski definition) is 0. The minimum atomic E-state index is 0.624. The van der Waals surface area contributed by atoms with Gasteiger partial charge in [0, 0.05) is 18.4 Å². The van der Waals surface area contributed by atoms with Crippen molar-refractivity contribution >= 4 is 11.8 Å². The third-order valence-electron chi connectivity index (χ3n) is 3.51. The highest BCUT2D eigenvalue weighted by atomic mass is 32.2. The molecule has 3 aromatic rings. The molecule has 0 radical (unpaired) electrons. The second-order valence-corrected chi connectivity index (χ2v) is 6.17. The van der Waals surface area contributed by atoms with Crippen LogP contribution in [-0.2, 0) is 7.05 Å². The summed E-state index contributed by atoms with van der Waals surface area (Å²) in [5, 5.41) is 9.43. The molecule has 0 aliphatic heterocycles. The van der Waals surface area contributed by atoms with Gasteiger partial charge < -0.3 is 14.0 Å². The zero-order chi connectivity index (χ0) is 16.8. The molecule has 124 valence electrons. The molecule has 0 unspecified atom stereocenters. The van der Waals surface area contributed by atoms with Crippen LogP contribution in [0, 0.1) is 0 Å². The van der Waals surface area contributed by atoms with Crippen LogP contribution < -0.4 is 9.47 Å². The Morgan fingerprint density at radius 2 is 1.71 bits per heavy atom. The van der Waals surface area contributed by atoms with E-state index in [4.69, 9.17) is 9.47 Å². The predicted octanol–water partition coefficient (Wildman–Crippen LogP) is 3.66. The van der Waals surface area contributed by atoms with Crippen molar-refractivity contribution < 1.29 is 9.47 Å². The average Bonchev–Trinajstić information content (AvgIpc) is 3.00. The number of aromatic nitrogens is 3. The minimum absolute atomic E-state index is 0.624. The van der Waals surface area contributed by atoms with Gasteiger partial charge in [-0.1, -0.05) is 30.0 Å².